The van der Waals surface area contributed by atoms with Gasteiger partial charge in [0.2, 0.25) is 0 Å². The highest BCUT2D eigenvalue weighted by molar-refractivity contribution is 5.76. The summed E-state index contributed by atoms with van der Waals surface area (Å²) in [5.41, 5.74) is 3.44. The number of β-amino-alcohol motifs (C(OH)–C–C–N with tert-alkyl or cyclic N) is 1. The van der Waals surface area contributed by atoms with E-state index in [1.807, 2.05) is 11.0 Å². The third-order valence-corrected chi connectivity index (χ3v) is 5.82. The molecule has 0 spiro atoms. The lowest BCUT2D eigenvalue weighted by atomic mass is 9.86. The van der Waals surface area contributed by atoms with Gasteiger partial charge in [-0.05, 0) is 72.4 Å². The highest BCUT2D eigenvalue weighted by Crippen LogP contribution is 2.44. The van der Waals surface area contributed by atoms with Gasteiger partial charge in [0.25, 0.3) is 0 Å². The van der Waals surface area contributed by atoms with Crippen molar-refractivity contribution in [2.45, 2.75) is 44.6 Å². The summed E-state index contributed by atoms with van der Waals surface area (Å²) >= 11 is 0. The normalized spacial score (nSPS) is 16.9. The lowest BCUT2D eigenvalue weighted by Crippen LogP contribution is -2.38. The molecule has 0 bridgehead atoms. The van der Waals surface area contributed by atoms with Crippen molar-refractivity contribution in [1.82, 2.24) is 0 Å². The molecule has 2 atom stereocenters. The third kappa shape index (κ3) is 6.23. The molecule has 3 aromatic carbocycles. The van der Waals surface area contributed by atoms with E-state index in [2.05, 4.69) is 9.47 Å². The maximum atomic E-state index is 12.7. The van der Waals surface area contributed by atoms with Gasteiger partial charge in [-0.25, -0.2) is 0 Å². The van der Waals surface area contributed by atoms with Gasteiger partial charge < -0.3 is 19.5 Å². The number of halogens is 6. The molecule has 0 saturated heterocycles. The molecule has 3 aromatic rings. The molecule has 10 heteroatoms. The number of rotatable bonds is 6. The second-order valence-electron chi connectivity index (χ2n) is 8.56. The summed E-state index contributed by atoms with van der Waals surface area (Å²) in [6, 6.07) is 16.5. The molecule has 4 nitrogen and oxygen atoms in total. The van der Waals surface area contributed by atoms with Crippen molar-refractivity contribution in [1.29, 1.82) is 0 Å². The largest absolute Gasteiger partial charge is 0.573 e. The summed E-state index contributed by atoms with van der Waals surface area (Å²) in [6.07, 6.45) is -9.37. The fourth-order valence-corrected chi connectivity index (χ4v) is 4.62. The van der Waals surface area contributed by atoms with E-state index < -0.39 is 18.8 Å². The molecule has 1 aliphatic rings. The first kappa shape index (κ1) is 25.7. The van der Waals surface area contributed by atoms with Gasteiger partial charge in [0.15, 0.2) is 0 Å². The van der Waals surface area contributed by atoms with Crippen molar-refractivity contribution in [2.75, 3.05) is 11.4 Å². The van der Waals surface area contributed by atoms with E-state index in [-0.39, 0.29) is 24.1 Å². The lowest BCUT2D eigenvalue weighted by Gasteiger charge is -2.41. The highest BCUT2D eigenvalue weighted by Gasteiger charge is 2.34. The van der Waals surface area contributed by atoms with Gasteiger partial charge in [-0.2, -0.15) is 0 Å². The first-order chi connectivity index (χ1) is 16.9. The Hall–Kier alpha value is -3.40. The lowest BCUT2D eigenvalue weighted by molar-refractivity contribution is -0.275. The Morgan fingerprint density at radius 2 is 1.50 bits per heavy atom. The average Bonchev–Trinajstić information content (AvgIpc) is 2.76. The highest BCUT2D eigenvalue weighted by atomic mass is 19.4. The fourth-order valence-electron chi connectivity index (χ4n) is 4.62. The number of ether oxygens (including phenoxy) is 2. The maximum Gasteiger partial charge on any atom is 0.573 e. The van der Waals surface area contributed by atoms with Crippen molar-refractivity contribution < 1.29 is 40.9 Å². The predicted octanol–water partition coefficient (Wildman–Crippen LogP) is 7.03. The first-order valence-corrected chi connectivity index (χ1v) is 11.2. The van der Waals surface area contributed by atoms with Gasteiger partial charge in [0.1, 0.15) is 11.5 Å². The van der Waals surface area contributed by atoms with Crippen molar-refractivity contribution in [2.24, 2.45) is 0 Å². The number of hydrogen-bond acceptors (Lipinski definition) is 4. The molecule has 0 amide bonds. The molecule has 1 N–H and O–H groups in total. The van der Waals surface area contributed by atoms with Gasteiger partial charge in [-0.3, -0.25) is 0 Å². The van der Waals surface area contributed by atoms with Gasteiger partial charge in [-0.15, -0.1) is 26.3 Å². The predicted molar refractivity (Wildman–Crippen MR) is 122 cm³/mol. The summed E-state index contributed by atoms with van der Waals surface area (Å²) in [5.74, 6) is -0.674. The fraction of sp³-hybridized carbons (Fsp3) is 0.308. The van der Waals surface area contributed by atoms with E-state index in [0.717, 1.165) is 11.3 Å². The number of aliphatic hydroxyl groups is 1. The minimum Gasteiger partial charge on any atom is -0.406 e. The van der Waals surface area contributed by atoms with Crippen LogP contribution >= 0.6 is 0 Å². The average molecular weight is 511 g/mol. The Labute approximate surface area is 203 Å². The van der Waals surface area contributed by atoms with Crippen LogP contribution in [0.15, 0.2) is 66.7 Å². The van der Waals surface area contributed by atoms with Crippen LogP contribution in [0.2, 0.25) is 0 Å². The van der Waals surface area contributed by atoms with Crippen molar-refractivity contribution >= 4 is 5.69 Å². The minimum atomic E-state index is -4.82. The molecular formula is C26H23F6NO3. The smallest absolute Gasteiger partial charge is 0.406 e. The Bertz CT molecular complexity index is 1210. The van der Waals surface area contributed by atoms with Crippen LogP contribution in [0.1, 0.15) is 30.5 Å². The SMILES string of the molecule is C[C@@H](O)CN1c2cccc(-c3cccc(OC(F)(F)F)c3)c2CC[C@H]1c1cccc(OC(F)(F)F)c1. The van der Waals surface area contributed by atoms with E-state index in [4.69, 9.17) is 0 Å². The number of alkyl halides is 6. The molecule has 192 valence electrons. The van der Waals surface area contributed by atoms with Crippen molar-refractivity contribution in [3.63, 3.8) is 0 Å². The summed E-state index contributed by atoms with van der Waals surface area (Å²) in [7, 11) is 0. The zero-order valence-electron chi connectivity index (χ0n) is 19.1. The van der Waals surface area contributed by atoms with Crippen LogP contribution < -0.4 is 14.4 Å². The molecule has 0 radical (unpaired) electrons. The number of hydrogen-bond donors (Lipinski definition) is 1. The zero-order chi connectivity index (χ0) is 26.1. The summed E-state index contributed by atoms with van der Waals surface area (Å²) in [4.78, 5) is 1.91. The Kier molecular flexibility index (Phi) is 7.08. The molecule has 0 saturated carbocycles. The number of benzene rings is 3. The monoisotopic (exact) mass is 511 g/mol. The first-order valence-electron chi connectivity index (χ1n) is 11.2. The molecule has 0 fully saturated rings. The molecule has 36 heavy (non-hydrogen) atoms. The van der Waals surface area contributed by atoms with Gasteiger partial charge in [-0.1, -0.05) is 36.4 Å². The van der Waals surface area contributed by atoms with E-state index in [1.165, 1.54) is 36.4 Å². The molecule has 1 aliphatic heterocycles. The van der Waals surface area contributed by atoms with Crippen LogP contribution in [-0.4, -0.2) is 30.5 Å². The molecule has 0 aromatic heterocycles. The van der Waals surface area contributed by atoms with Crippen LogP contribution in [0, 0.1) is 0 Å². The Morgan fingerprint density at radius 3 is 2.14 bits per heavy atom. The van der Waals surface area contributed by atoms with E-state index in [1.54, 1.807) is 31.2 Å². The van der Waals surface area contributed by atoms with Crippen LogP contribution in [0.25, 0.3) is 11.1 Å². The molecule has 1 heterocycles. The van der Waals surface area contributed by atoms with Crippen LogP contribution in [0.5, 0.6) is 11.5 Å². The minimum absolute atomic E-state index is 0.197. The number of nitrogens with zero attached hydrogens (tertiary/aromatic N) is 1. The number of anilines is 1. The van der Waals surface area contributed by atoms with Gasteiger partial charge in [0.05, 0.1) is 12.1 Å². The number of aliphatic hydroxyl groups excluding tert-OH is 1. The molecular weight excluding hydrogens is 488 g/mol. The quantitative estimate of drug-likeness (QED) is 0.361. The van der Waals surface area contributed by atoms with E-state index >= 15 is 0 Å². The van der Waals surface area contributed by atoms with Crippen LogP contribution in [0.4, 0.5) is 32.0 Å². The summed E-state index contributed by atoms with van der Waals surface area (Å²) in [6.45, 7) is 1.80. The molecule has 0 unspecified atom stereocenters. The van der Waals surface area contributed by atoms with Crippen molar-refractivity contribution in [3.05, 3.63) is 77.9 Å². The number of fused-ring (bicyclic) bond motifs is 1. The zero-order valence-corrected chi connectivity index (χ0v) is 19.1. The van der Waals surface area contributed by atoms with Crippen LogP contribution in [0.3, 0.4) is 0 Å². The van der Waals surface area contributed by atoms with Gasteiger partial charge in [0, 0.05) is 12.2 Å². The standard InChI is InChI=1S/C26H23F6NO3/c1-16(34)15-33-23(18-6-3-8-20(14-18)36-26(30,31)32)12-11-22-21(9-4-10-24(22)33)17-5-2-7-19(13-17)35-25(27,28)29/h2-10,13-14,16,23,34H,11-12,15H2,1H3/t16-,23+/m1/s1. The summed E-state index contributed by atoms with van der Waals surface area (Å²) < 4.78 is 84.6. The van der Waals surface area contributed by atoms with Crippen LogP contribution in [-0.2, 0) is 6.42 Å². The Morgan fingerprint density at radius 1 is 0.889 bits per heavy atom. The molecule has 0 aliphatic carbocycles. The van der Waals surface area contributed by atoms with Gasteiger partial charge >= 0.3 is 12.7 Å². The second kappa shape index (κ2) is 9.93. The Balaban J connectivity index is 1.72. The molecule has 4 rings (SSSR count). The maximum absolute atomic E-state index is 12.7. The second-order valence-corrected chi connectivity index (χ2v) is 8.56. The van der Waals surface area contributed by atoms with E-state index in [9.17, 15) is 31.4 Å². The van der Waals surface area contributed by atoms with E-state index in [0.29, 0.717) is 29.5 Å². The topological polar surface area (TPSA) is 41.9 Å². The third-order valence-electron chi connectivity index (χ3n) is 5.82. The summed E-state index contributed by atoms with van der Waals surface area (Å²) in [5, 5.41) is 10.2. The van der Waals surface area contributed by atoms with Crippen molar-refractivity contribution in [3.8, 4) is 22.6 Å².